The molecule has 0 aliphatic heterocycles. The van der Waals surface area contributed by atoms with Crippen LogP contribution in [0.1, 0.15) is 180 Å². The third-order valence-electron chi connectivity index (χ3n) is 17.2. The summed E-state index contributed by atoms with van der Waals surface area (Å²) in [5.41, 5.74) is 48.0. The standard InChI is InChI=1S/C71H124N18O12/c1-46(2)43-57(86-61(90)50(79)29-11-18-36-72)69(98)89-60(47(3)4)70(99)88-59(45-49-27-9-6-10-28-49)68(97)87-58(44-48-25-7-5-8-26-48)67(96)84-54(33-15-22-40-76)65(94)82-52(31-13-20-38-74)63(92)80-51(30-12-19-37-73)62(91)81-53(32-14-21-39-75)64(93)83-55(34-16-23-41-77)66(95)85-56(71(100)101)35-17-24-42-78/h5-10,25-28,46-47,50-60H,11-24,29-45,72-79H2,1-4H3,(H,80,92)(H,81,91)(H,82,94)(H,83,93)(H,84,96)(H,85,95)(H,86,90)(H,87,97)(H,88,99)(H,89,98)(H,100,101)/t50-,51-,52-,53-,54-,55-,56-,57-,58-,59-,60-/m0/s1. The van der Waals surface area contributed by atoms with Crippen LogP contribution in [0.4, 0.5) is 0 Å². The fourth-order valence-corrected chi connectivity index (χ4v) is 11.3. The molecule has 0 heterocycles. The van der Waals surface area contributed by atoms with Crippen LogP contribution < -0.4 is 99.0 Å². The number of rotatable bonds is 56. The highest BCUT2D eigenvalue weighted by atomic mass is 16.4. The van der Waals surface area contributed by atoms with Gasteiger partial charge in [-0.3, -0.25) is 47.9 Å². The summed E-state index contributed by atoms with van der Waals surface area (Å²) >= 11 is 0. The summed E-state index contributed by atoms with van der Waals surface area (Å²) in [6, 6.07) is 4.07. The smallest absolute Gasteiger partial charge is 0.326 e. The Morgan fingerprint density at radius 3 is 0.842 bits per heavy atom. The average Bonchev–Trinajstić information content (AvgIpc) is 0.857. The van der Waals surface area contributed by atoms with Crippen molar-refractivity contribution in [1.82, 2.24) is 53.2 Å². The molecule has 2 aromatic carbocycles. The molecule has 0 aromatic heterocycles. The summed E-state index contributed by atoms with van der Waals surface area (Å²) < 4.78 is 0. The van der Waals surface area contributed by atoms with E-state index in [1.807, 2.05) is 13.8 Å². The number of carboxylic acid groups (broad SMARTS) is 1. The summed E-state index contributed by atoms with van der Waals surface area (Å²) in [5, 5.41) is 37.7. The molecule has 11 atom stereocenters. The van der Waals surface area contributed by atoms with Crippen molar-refractivity contribution in [1.29, 1.82) is 0 Å². The molecule has 0 radical (unpaired) electrons. The summed E-state index contributed by atoms with van der Waals surface area (Å²) in [6.07, 6.45) is 7.14. The molecule has 0 unspecified atom stereocenters. The Bertz CT molecular complexity index is 2770. The molecule has 2 rings (SSSR count). The minimum Gasteiger partial charge on any atom is -0.480 e. The van der Waals surface area contributed by atoms with Gasteiger partial charge in [-0.1, -0.05) is 94.8 Å². The van der Waals surface area contributed by atoms with Gasteiger partial charge >= 0.3 is 5.97 Å². The molecule has 10 amide bonds. The second-order valence-electron chi connectivity index (χ2n) is 26.7. The molecule has 27 N–H and O–H groups in total. The number of hydrogen-bond acceptors (Lipinski definition) is 19. The van der Waals surface area contributed by atoms with Gasteiger partial charge in [0.05, 0.1) is 6.04 Å². The fraction of sp³-hybridized carbons (Fsp3) is 0.676. The van der Waals surface area contributed by atoms with E-state index in [0.29, 0.717) is 127 Å². The van der Waals surface area contributed by atoms with E-state index in [0.717, 1.165) is 0 Å². The number of amides is 10. The minimum atomic E-state index is -1.38. The van der Waals surface area contributed by atoms with E-state index in [1.54, 1.807) is 74.5 Å². The van der Waals surface area contributed by atoms with Crippen molar-refractivity contribution in [3.05, 3.63) is 71.8 Å². The lowest BCUT2D eigenvalue weighted by molar-refractivity contribution is -0.142. The molecule has 0 aliphatic carbocycles. The SMILES string of the molecule is CC(C)C[C@H](NC(=O)[C@@H](N)CCCCN)C(=O)N[C@H](C(=O)N[C@@H](Cc1ccccc1)C(=O)N[C@@H](Cc1ccccc1)C(=O)N[C@@H](CCCCN)C(=O)N[C@@H](CCCCN)C(=O)N[C@@H](CCCCN)C(=O)N[C@@H](CCCCN)C(=O)N[C@@H](CCCCN)C(=O)N[C@@H](CCCCN)C(=O)O)C(C)C. The third-order valence-corrected chi connectivity index (χ3v) is 17.2. The second kappa shape index (κ2) is 52.3. The number of nitrogens with two attached hydrogens (primary N) is 8. The highest BCUT2D eigenvalue weighted by Crippen LogP contribution is 2.16. The van der Waals surface area contributed by atoms with Crippen molar-refractivity contribution in [3.8, 4) is 0 Å². The maximum Gasteiger partial charge on any atom is 0.326 e. The number of nitrogens with one attached hydrogen (secondary N) is 10. The van der Waals surface area contributed by atoms with Crippen molar-refractivity contribution in [3.63, 3.8) is 0 Å². The first-order chi connectivity index (χ1) is 48.4. The molecule has 101 heavy (non-hydrogen) atoms. The van der Waals surface area contributed by atoms with Gasteiger partial charge in [0.25, 0.3) is 0 Å². The molecule has 570 valence electrons. The Kier molecular flexibility index (Phi) is 46.3. The van der Waals surface area contributed by atoms with E-state index in [1.165, 1.54) is 0 Å². The number of aliphatic carboxylic acids is 1. The van der Waals surface area contributed by atoms with Crippen LogP contribution >= 0.6 is 0 Å². The van der Waals surface area contributed by atoms with Crippen LogP contribution in [0.3, 0.4) is 0 Å². The summed E-state index contributed by atoms with van der Waals surface area (Å²) in [7, 11) is 0. The Labute approximate surface area is 597 Å². The van der Waals surface area contributed by atoms with Crippen LogP contribution in [0, 0.1) is 11.8 Å². The molecule has 0 spiro atoms. The quantitative estimate of drug-likeness (QED) is 0.0365. The van der Waals surface area contributed by atoms with Crippen molar-refractivity contribution < 1.29 is 57.8 Å². The Hall–Kier alpha value is -7.71. The van der Waals surface area contributed by atoms with Gasteiger partial charge < -0.3 is 104 Å². The summed E-state index contributed by atoms with van der Waals surface area (Å²) in [6.45, 7) is 9.26. The largest absolute Gasteiger partial charge is 0.480 e. The van der Waals surface area contributed by atoms with Crippen LogP contribution in [-0.4, -0.2) is 182 Å². The van der Waals surface area contributed by atoms with Crippen LogP contribution in [0.25, 0.3) is 0 Å². The lowest BCUT2D eigenvalue weighted by Gasteiger charge is -2.29. The molecule has 0 fully saturated rings. The van der Waals surface area contributed by atoms with E-state index in [9.17, 15) is 57.8 Å². The van der Waals surface area contributed by atoms with Crippen molar-refractivity contribution in [2.24, 2.45) is 57.7 Å². The predicted octanol–water partition coefficient (Wildman–Crippen LogP) is -0.663. The number of hydrogen-bond donors (Lipinski definition) is 19. The minimum absolute atomic E-state index is 0.0262. The predicted molar refractivity (Wildman–Crippen MR) is 390 cm³/mol. The normalized spacial score (nSPS) is 14.6. The van der Waals surface area contributed by atoms with Crippen LogP contribution in [-0.2, 0) is 65.6 Å². The first-order valence-corrected chi connectivity index (χ1v) is 36.4. The molecule has 0 saturated carbocycles. The molecule has 0 aliphatic rings. The lowest BCUT2D eigenvalue weighted by atomic mass is 9.98. The van der Waals surface area contributed by atoms with Gasteiger partial charge in [0.2, 0.25) is 59.1 Å². The van der Waals surface area contributed by atoms with Gasteiger partial charge in [0.15, 0.2) is 0 Å². The van der Waals surface area contributed by atoms with Gasteiger partial charge in [-0.05, 0) is 204 Å². The Morgan fingerprint density at radius 1 is 0.307 bits per heavy atom. The van der Waals surface area contributed by atoms with Crippen molar-refractivity contribution in [2.45, 2.75) is 248 Å². The van der Waals surface area contributed by atoms with E-state index >= 15 is 0 Å². The average molecular weight is 1420 g/mol. The molecule has 30 heteroatoms. The number of carboxylic acids is 1. The monoisotopic (exact) mass is 1420 g/mol. The first-order valence-electron chi connectivity index (χ1n) is 36.4. The zero-order chi connectivity index (χ0) is 75.1. The molecule has 2 aromatic rings. The second-order valence-corrected chi connectivity index (χ2v) is 26.7. The van der Waals surface area contributed by atoms with Crippen LogP contribution in [0.2, 0.25) is 0 Å². The Balaban J connectivity index is 2.62. The molecule has 30 nitrogen and oxygen atoms in total. The number of carbonyl (C=O) groups excluding carboxylic acids is 10. The van der Waals surface area contributed by atoms with E-state index in [-0.39, 0.29) is 89.9 Å². The topological polar surface area (TPSA) is 536 Å². The van der Waals surface area contributed by atoms with Crippen LogP contribution in [0.15, 0.2) is 60.7 Å². The molecular formula is C71H124N18O12. The fourth-order valence-electron chi connectivity index (χ4n) is 11.3. The molecule has 0 bridgehead atoms. The van der Waals surface area contributed by atoms with Crippen molar-refractivity contribution in [2.75, 3.05) is 45.8 Å². The summed E-state index contributed by atoms with van der Waals surface area (Å²) in [5.74, 6) is -9.08. The van der Waals surface area contributed by atoms with E-state index < -0.39 is 137 Å². The first kappa shape index (κ1) is 89.4. The van der Waals surface area contributed by atoms with E-state index in [4.69, 9.17) is 45.9 Å². The lowest BCUT2D eigenvalue weighted by Crippen LogP contribution is -2.61. The summed E-state index contributed by atoms with van der Waals surface area (Å²) in [4.78, 5) is 156. The number of benzene rings is 2. The highest BCUT2D eigenvalue weighted by Gasteiger charge is 2.37. The third kappa shape index (κ3) is 36.6. The van der Waals surface area contributed by atoms with Gasteiger partial charge in [-0.2, -0.15) is 0 Å². The number of carbonyl (C=O) groups is 11. The molecular weight excluding hydrogens is 1300 g/mol. The zero-order valence-corrected chi connectivity index (χ0v) is 60.3. The molecule has 0 saturated heterocycles. The highest BCUT2D eigenvalue weighted by molar-refractivity contribution is 5.99. The maximum atomic E-state index is 15.0. The number of unbranched alkanes of at least 4 members (excludes halogenated alkanes) is 7. The van der Waals surface area contributed by atoms with Crippen molar-refractivity contribution >= 4 is 65.0 Å². The van der Waals surface area contributed by atoms with Crippen LogP contribution in [0.5, 0.6) is 0 Å². The van der Waals surface area contributed by atoms with Gasteiger partial charge in [0.1, 0.15) is 60.4 Å². The Morgan fingerprint density at radius 2 is 0.554 bits per heavy atom. The van der Waals surface area contributed by atoms with Gasteiger partial charge in [-0.15, -0.1) is 0 Å². The zero-order valence-electron chi connectivity index (χ0n) is 60.3. The van der Waals surface area contributed by atoms with Gasteiger partial charge in [-0.25, -0.2) is 4.79 Å². The van der Waals surface area contributed by atoms with E-state index in [2.05, 4.69) is 53.2 Å². The van der Waals surface area contributed by atoms with Gasteiger partial charge in [0, 0.05) is 12.8 Å². The maximum absolute atomic E-state index is 15.0.